The van der Waals surface area contributed by atoms with Gasteiger partial charge in [0.25, 0.3) is 0 Å². The molecular weight excluding hydrogens is 290 g/mol. The molecule has 0 spiro atoms. The van der Waals surface area contributed by atoms with Crippen LogP contribution in [-0.4, -0.2) is 74.5 Å². The van der Waals surface area contributed by atoms with Crippen LogP contribution in [0.2, 0.25) is 0 Å². The Morgan fingerprint density at radius 3 is 2.70 bits per heavy atom. The van der Waals surface area contributed by atoms with E-state index in [0.717, 1.165) is 32.0 Å². The molecule has 6 heteroatoms. The molecule has 0 aromatic heterocycles. The summed E-state index contributed by atoms with van der Waals surface area (Å²) in [6, 6.07) is 0.571. The fraction of sp³-hybridized carbons (Fsp3) is 0.882. The number of guanidine groups is 1. The summed E-state index contributed by atoms with van der Waals surface area (Å²) in [6.45, 7) is 10.9. The van der Waals surface area contributed by atoms with Gasteiger partial charge in [-0.1, -0.05) is 20.8 Å². The first-order valence-corrected chi connectivity index (χ1v) is 8.90. The van der Waals surface area contributed by atoms with Gasteiger partial charge in [0.1, 0.15) is 6.54 Å². The number of carbonyl (C=O) groups is 1. The molecule has 1 fully saturated rings. The lowest BCUT2D eigenvalue weighted by Crippen LogP contribution is -2.45. The lowest BCUT2D eigenvalue weighted by atomic mass is 10.1. The molecule has 0 bridgehead atoms. The number of nitrogens with one attached hydrogen (secondary N) is 2. The van der Waals surface area contributed by atoms with E-state index in [4.69, 9.17) is 0 Å². The largest absolute Gasteiger partial charge is 0.356 e. The van der Waals surface area contributed by atoms with Crippen molar-refractivity contribution < 1.29 is 4.79 Å². The van der Waals surface area contributed by atoms with Crippen molar-refractivity contribution >= 4 is 11.9 Å². The lowest BCUT2D eigenvalue weighted by Gasteiger charge is -2.24. The van der Waals surface area contributed by atoms with Crippen molar-refractivity contribution in [3.63, 3.8) is 0 Å². The monoisotopic (exact) mass is 325 g/mol. The van der Waals surface area contributed by atoms with Gasteiger partial charge in [0.2, 0.25) is 5.91 Å². The first kappa shape index (κ1) is 19.7. The Kier molecular flexibility index (Phi) is 8.99. The van der Waals surface area contributed by atoms with E-state index in [1.807, 2.05) is 0 Å². The number of amides is 1. The van der Waals surface area contributed by atoms with E-state index >= 15 is 0 Å². The van der Waals surface area contributed by atoms with Crippen LogP contribution in [0.3, 0.4) is 0 Å². The predicted molar refractivity (Wildman–Crippen MR) is 96.7 cm³/mol. The second kappa shape index (κ2) is 10.5. The summed E-state index contributed by atoms with van der Waals surface area (Å²) in [5, 5.41) is 6.77. The standard InChI is InChI=1S/C17H35N5O/c1-6-22-11-7-8-15(22)12-19-17(18-10-9-14(2)3)20-13-16(23)21(4)5/h14-15H,6-13H2,1-5H3,(H2,18,19,20). The number of aliphatic imine (C=N–C) groups is 1. The Hall–Kier alpha value is -1.30. The molecule has 1 amide bonds. The van der Waals surface area contributed by atoms with Crippen LogP contribution in [0, 0.1) is 5.92 Å². The van der Waals surface area contributed by atoms with Gasteiger partial charge < -0.3 is 15.5 Å². The number of likely N-dealkylation sites (N-methyl/N-ethyl adjacent to an activating group) is 2. The van der Waals surface area contributed by atoms with Crippen LogP contribution in [0.1, 0.15) is 40.0 Å². The Balaban J connectivity index is 2.52. The molecule has 0 aliphatic carbocycles. The van der Waals surface area contributed by atoms with Gasteiger partial charge in [-0.15, -0.1) is 0 Å². The van der Waals surface area contributed by atoms with Gasteiger partial charge in [-0.2, -0.15) is 0 Å². The summed E-state index contributed by atoms with van der Waals surface area (Å²) in [5.74, 6) is 1.42. The molecule has 23 heavy (non-hydrogen) atoms. The first-order valence-electron chi connectivity index (χ1n) is 8.90. The quantitative estimate of drug-likeness (QED) is 0.519. The van der Waals surface area contributed by atoms with Gasteiger partial charge >= 0.3 is 0 Å². The zero-order valence-corrected chi connectivity index (χ0v) is 15.6. The van der Waals surface area contributed by atoms with E-state index < -0.39 is 0 Å². The summed E-state index contributed by atoms with van der Waals surface area (Å²) >= 11 is 0. The molecule has 134 valence electrons. The SMILES string of the molecule is CCN1CCCC1CNC(=NCC(=O)N(C)C)NCCC(C)C. The van der Waals surface area contributed by atoms with Crippen LogP contribution in [-0.2, 0) is 4.79 Å². The highest BCUT2D eigenvalue weighted by atomic mass is 16.2. The molecule has 6 nitrogen and oxygen atoms in total. The Morgan fingerprint density at radius 1 is 1.35 bits per heavy atom. The lowest BCUT2D eigenvalue weighted by molar-refractivity contribution is -0.127. The molecule has 1 rings (SSSR count). The van der Waals surface area contributed by atoms with Gasteiger partial charge in [0, 0.05) is 33.2 Å². The molecule has 1 aliphatic rings. The molecule has 0 radical (unpaired) electrons. The highest BCUT2D eigenvalue weighted by Gasteiger charge is 2.22. The normalized spacial score (nSPS) is 19.2. The van der Waals surface area contributed by atoms with Crippen LogP contribution in [0.15, 0.2) is 4.99 Å². The summed E-state index contributed by atoms with van der Waals surface area (Å²) < 4.78 is 0. The number of carbonyl (C=O) groups excluding carboxylic acids is 1. The van der Waals surface area contributed by atoms with Crippen LogP contribution in [0.25, 0.3) is 0 Å². The van der Waals surface area contributed by atoms with E-state index in [-0.39, 0.29) is 12.5 Å². The van der Waals surface area contributed by atoms with Crippen LogP contribution in [0.4, 0.5) is 0 Å². The average molecular weight is 326 g/mol. The molecule has 2 N–H and O–H groups in total. The highest BCUT2D eigenvalue weighted by Crippen LogP contribution is 2.15. The molecule has 1 atom stereocenters. The minimum atomic E-state index is 0.0195. The van der Waals surface area contributed by atoms with Crippen molar-refractivity contribution in [2.45, 2.75) is 46.1 Å². The summed E-state index contributed by atoms with van der Waals surface area (Å²) in [5.41, 5.74) is 0. The topological polar surface area (TPSA) is 60.0 Å². The van der Waals surface area contributed by atoms with Crippen molar-refractivity contribution in [3.05, 3.63) is 0 Å². The molecule has 1 aliphatic heterocycles. The van der Waals surface area contributed by atoms with Gasteiger partial charge in [-0.3, -0.25) is 9.69 Å². The maximum atomic E-state index is 11.7. The molecule has 0 aromatic rings. The summed E-state index contributed by atoms with van der Waals surface area (Å²) in [7, 11) is 3.52. The Labute approximate surface area is 141 Å². The number of nitrogens with zero attached hydrogens (tertiary/aromatic N) is 3. The van der Waals surface area contributed by atoms with E-state index in [0.29, 0.717) is 12.0 Å². The van der Waals surface area contributed by atoms with Crippen molar-refractivity contribution in [2.75, 3.05) is 46.8 Å². The summed E-state index contributed by atoms with van der Waals surface area (Å²) in [4.78, 5) is 20.3. The zero-order valence-electron chi connectivity index (χ0n) is 15.6. The van der Waals surface area contributed by atoms with E-state index in [1.165, 1.54) is 19.4 Å². The minimum Gasteiger partial charge on any atom is -0.356 e. The molecule has 1 heterocycles. The molecule has 0 saturated carbocycles. The third-order valence-corrected chi connectivity index (χ3v) is 4.30. The second-order valence-electron chi connectivity index (χ2n) is 6.87. The van der Waals surface area contributed by atoms with Crippen LogP contribution >= 0.6 is 0 Å². The zero-order chi connectivity index (χ0) is 17.2. The van der Waals surface area contributed by atoms with Crippen molar-refractivity contribution in [1.29, 1.82) is 0 Å². The fourth-order valence-corrected chi connectivity index (χ4v) is 2.70. The minimum absolute atomic E-state index is 0.0195. The van der Waals surface area contributed by atoms with E-state index in [1.54, 1.807) is 19.0 Å². The Morgan fingerprint density at radius 2 is 2.09 bits per heavy atom. The van der Waals surface area contributed by atoms with E-state index in [9.17, 15) is 4.79 Å². The third kappa shape index (κ3) is 7.68. The fourth-order valence-electron chi connectivity index (χ4n) is 2.70. The molecule has 1 unspecified atom stereocenters. The molecular formula is C17H35N5O. The van der Waals surface area contributed by atoms with Gasteiger partial charge in [0.15, 0.2) is 5.96 Å². The Bertz CT molecular complexity index is 381. The number of hydrogen-bond donors (Lipinski definition) is 2. The number of hydrogen-bond acceptors (Lipinski definition) is 3. The third-order valence-electron chi connectivity index (χ3n) is 4.30. The average Bonchev–Trinajstić information content (AvgIpc) is 2.96. The summed E-state index contributed by atoms with van der Waals surface area (Å²) in [6.07, 6.45) is 3.59. The second-order valence-corrected chi connectivity index (χ2v) is 6.87. The van der Waals surface area contributed by atoms with Crippen molar-refractivity contribution in [1.82, 2.24) is 20.4 Å². The van der Waals surface area contributed by atoms with Gasteiger partial charge in [-0.05, 0) is 38.3 Å². The molecule has 0 aromatic carbocycles. The first-order chi connectivity index (χ1) is 10.9. The number of rotatable bonds is 8. The van der Waals surface area contributed by atoms with Gasteiger partial charge in [-0.25, -0.2) is 4.99 Å². The maximum absolute atomic E-state index is 11.7. The molecule has 1 saturated heterocycles. The number of likely N-dealkylation sites (tertiary alicyclic amines) is 1. The van der Waals surface area contributed by atoms with Crippen LogP contribution in [0.5, 0.6) is 0 Å². The maximum Gasteiger partial charge on any atom is 0.243 e. The predicted octanol–water partition coefficient (Wildman–Crippen LogP) is 1.14. The van der Waals surface area contributed by atoms with Crippen molar-refractivity contribution in [2.24, 2.45) is 10.9 Å². The smallest absolute Gasteiger partial charge is 0.243 e. The van der Waals surface area contributed by atoms with Crippen molar-refractivity contribution in [3.8, 4) is 0 Å². The van der Waals surface area contributed by atoms with Crippen LogP contribution < -0.4 is 10.6 Å². The van der Waals surface area contributed by atoms with E-state index in [2.05, 4.69) is 41.3 Å². The highest BCUT2D eigenvalue weighted by molar-refractivity contribution is 5.84. The van der Waals surface area contributed by atoms with Gasteiger partial charge in [0.05, 0.1) is 0 Å².